The minimum atomic E-state index is -1.45. The summed E-state index contributed by atoms with van der Waals surface area (Å²) in [7, 11) is 8.77. The van der Waals surface area contributed by atoms with E-state index in [9.17, 15) is 29.1 Å². The molecule has 0 aromatic heterocycles. The van der Waals surface area contributed by atoms with Crippen molar-refractivity contribution >= 4 is 65.0 Å². The fraction of sp³-hybridized carbons (Fsp3) is 0.671. The van der Waals surface area contributed by atoms with Crippen molar-refractivity contribution in [3.05, 3.63) is 71.8 Å². The molecule has 12 atom stereocenters. The average molecular weight is 1300 g/mol. The highest BCUT2D eigenvalue weighted by molar-refractivity contribution is 5.99. The maximum atomic E-state index is 15.4. The number of nitrogens with zero attached hydrogens (tertiary/aromatic N) is 7. The molecule has 5 N–H and O–H groups in total. The molecule has 2 aliphatic heterocycles. The Morgan fingerprint density at radius 3 is 1.41 bits per heavy atom. The van der Waals surface area contributed by atoms with Gasteiger partial charge in [0.25, 0.3) is 0 Å². The van der Waals surface area contributed by atoms with Gasteiger partial charge in [-0.15, -0.1) is 0 Å². The van der Waals surface area contributed by atoms with Crippen LogP contribution in [0.3, 0.4) is 0 Å². The second kappa shape index (κ2) is 36.3. The van der Waals surface area contributed by atoms with E-state index in [1.165, 1.54) is 85.5 Å². The number of nitrogens with one attached hydrogen (secondary N) is 4. The van der Waals surface area contributed by atoms with E-state index in [0.29, 0.717) is 43.5 Å². The van der Waals surface area contributed by atoms with Gasteiger partial charge in [0, 0.05) is 74.6 Å². The van der Waals surface area contributed by atoms with Crippen LogP contribution in [0, 0.1) is 29.6 Å². The number of benzene rings is 2. The first kappa shape index (κ1) is 78.0. The lowest BCUT2D eigenvalue weighted by atomic mass is 9.93. The van der Waals surface area contributed by atoms with Crippen molar-refractivity contribution in [2.24, 2.45) is 29.6 Å². The van der Waals surface area contributed by atoms with Crippen LogP contribution in [0.5, 0.6) is 0 Å². The van der Waals surface area contributed by atoms with Crippen molar-refractivity contribution in [1.29, 1.82) is 0 Å². The Kier molecular flexibility index (Phi) is 30.4. The Labute approximate surface area is 553 Å². The van der Waals surface area contributed by atoms with Crippen molar-refractivity contribution in [2.45, 2.75) is 220 Å². The van der Waals surface area contributed by atoms with Gasteiger partial charge >= 0.3 is 0 Å². The van der Waals surface area contributed by atoms with Crippen LogP contribution >= 0.6 is 0 Å². The predicted molar refractivity (Wildman–Crippen MR) is 357 cm³/mol. The van der Waals surface area contributed by atoms with E-state index in [1.807, 2.05) is 54.5 Å². The Balaban J connectivity index is 1.96. The molecule has 23 nitrogen and oxygen atoms in total. The summed E-state index contributed by atoms with van der Waals surface area (Å²) < 4.78 is 0. The smallest absolute Gasteiger partial charge is 0.246 e. The Hall–Kier alpha value is -7.43. The van der Waals surface area contributed by atoms with Gasteiger partial charge in [0.2, 0.25) is 65.0 Å². The van der Waals surface area contributed by atoms with Gasteiger partial charge in [0.15, 0.2) is 0 Å². The molecule has 2 saturated heterocycles. The Morgan fingerprint density at radius 1 is 0.495 bits per heavy atom. The van der Waals surface area contributed by atoms with E-state index in [1.54, 1.807) is 80.3 Å². The number of aliphatic hydroxyl groups is 1. The highest BCUT2D eigenvalue weighted by Crippen LogP contribution is 2.26. The number of amides is 11. The summed E-state index contributed by atoms with van der Waals surface area (Å²) in [6.45, 7) is 21.9. The molecule has 0 unspecified atom stereocenters. The Morgan fingerprint density at radius 2 is 0.935 bits per heavy atom. The van der Waals surface area contributed by atoms with Gasteiger partial charge in [-0.1, -0.05) is 136 Å². The largest absolute Gasteiger partial charge is 0.391 e. The molecule has 2 aliphatic rings. The molecule has 4 rings (SSSR count). The second-order valence-electron chi connectivity index (χ2n) is 27.7. The molecule has 2 aromatic carbocycles. The lowest BCUT2D eigenvalue weighted by Gasteiger charge is -2.40. The molecule has 2 aromatic rings. The standard InChI is InChI=1S/C70H111N11O12/c1-19-46(10)61-70(93)79(17)56(37-44(6)7)68(91)77(15)54(38-49-29-23-20-24-30-49)63(86)72-51(48(12)82)41-59(84)75(13)57(39-50-31-25-21-26-32-50)69(92)78(16)55(36-43(4)5)67(90)76(14)53(35-42(2)3)62(85)73-52(66(89)81-33-27-22-28-34-81)40-58(83)74-60(45(8)9)64(87)71-47(11)65(88)80(61)18/h20-21,23-26,29-32,42-48,51-57,60-61,82H,19,22,27-28,33-41H2,1-18H3,(H,71,87)(H,72,86)(H,73,85)(H,74,83)/t46-,47-,48+,51+,52-,53-,54-,55-,56-,57-,60+,61-/m0/s1. The third-order valence-electron chi connectivity index (χ3n) is 18.4. The number of rotatable bonds is 15. The zero-order valence-electron chi connectivity index (χ0n) is 58.8. The predicted octanol–water partition coefficient (Wildman–Crippen LogP) is 4.42. The molecule has 0 bridgehead atoms. The van der Waals surface area contributed by atoms with E-state index in [4.69, 9.17) is 0 Å². The topological polar surface area (TPSA) is 279 Å². The molecule has 0 saturated carbocycles. The van der Waals surface area contributed by atoms with Crippen LogP contribution in [-0.2, 0) is 65.6 Å². The Bertz CT molecular complexity index is 2850. The lowest BCUT2D eigenvalue weighted by molar-refractivity contribution is -0.154. The van der Waals surface area contributed by atoms with Gasteiger partial charge in [-0.2, -0.15) is 0 Å². The molecule has 93 heavy (non-hydrogen) atoms. The van der Waals surface area contributed by atoms with E-state index in [2.05, 4.69) is 21.3 Å². The van der Waals surface area contributed by atoms with Crippen molar-refractivity contribution < 1.29 is 57.8 Å². The normalized spacial score (nSPS) is 26.1. The van der Waals surface area contributed by atoms with Gasteiger partial charge in [-0.05, 0) is 93.1 Å². The number of likely N-dealkylation sites (tertiary alicyclic amines) is 1. The molecular formula is C70H111N11O12. The fourth-order valence-corrected chi connectivity index (χ4v) is 12.3. The van der Waals surface area contributed by atoms with Crippen LogP contribution in [-0.4, -0.2) is 226 Å². The number of carbonyl (C=O) groups is 11. The number of hydrogen-bond donors (Lipinski definition) is 5. The molecule has 0 spiro atoms. The van der Waals surface area contributed by atoms with Gasteiger partial charge < -0.3 is 60.7 Å². The number of piperidine rings is 1. The summed E-state index contributed by atoms with van der Waals surface area (Å²) in [5.74, 6) is -8.75. The fourth-order valence-electron chi connectivity index (χ4n) is 12.3. The molecular weight excluding hydrogens is 1190 g/mol. The summed E-state index contributed by atoms with van der Waals surface area (Å²) in [5, 5.41) is 22.7. The minimum Gasteiger partial charge on any atom is -0.391 e. The van der Waals surface area contributed by atoms with Crippen LogP contribution in [0.1, 0.15) is 152 Å². The second-order valence-corrected chi connectivity index (χ2v) is 27.7. The molecule has 2 heterocycles. The first-order valence-electron chi connectivity index (χ1n) is 33.5. The summed E-state index contributed by atoms with van der Waals surface area (Å²) in [6.07, 6.45) is 0.574. The molecule has 11 amide bonds. The number of aliphatic hydroxyl groups excluding tert-OH is 1. The average Bonchev–Trinajstić information content (AvgIpc) is 0.984. The zero-order valence-corrected chi connectivity index (χ0v) is 58.8. The van der Waals surface area contributed by atoms with Crippen LogP contribution in [0.25, 0.3) is 0 Å². The van der Waals surface area contributed by atoms with Gasteiger partial charge in [0.05, 0.1) is 18.6 Å². The monoisotopic (exact) mass is 1300 g/mol. The number of carbonyl (C=O) groups excluding carboxylic acids is 11. The van der Waals surface area contributed by atoms with Crippen LogP contribution in [0.15, 0.2) is 60.7 Å². The lowest BCUT2D eigenvalue weighted by Crippen LogP contribution is -2.62. The number of hydrogen-bond acceptors (Lipinski definition) is 12. The third-order valence-corrected chi connectivity index (χ3v) is 18.4. The maximum absolute atomic E-state index is 15.4. The van der Waals surface area contributed by atoms with Crippen LogP contribution < -0.4 is 21.3 Å². The van der Waals surface area contributed by atoms with Crippen molar-refractivity contribution in [2.75, 3.05) is 55.4 Å². The highest BCUT2D eigenvalue weighted by atomic mass is 16.3. The zero-order chi connectivity index (χ0) is 69.9. The van der Waals surface area contributed by atoms with E-state index in [-0.39, 0.29) is 49.9 Å². The highest BCUT2D eigenvalue weighted by Gasteiger charge is 2.44. The summed E-state index contributed by atoms with van der Waals surface area (Å²) in [6, 6.07) is 5.45. The molecule has 0 aliphatic carbocycles. The minimum absolute atomic E-state index is 0.0122. The number of likely N-dealkylation sites (N-methyl/N-ethyl adjacent to an activating group) is 6. The quantitative estimate of drug-likeness (QED) is 0.166. The first-order chi connectivity index (χ1) is 43.6. The van der Waals surface area contributed by atoms with Gasteiger partial charge in [-0.3, -0.25) is 52.7 Å². The van der Waals surface area contributed by atoms with Gasteiger partial charge in [-0.25, -0.2) is 0 Å². The molecule has 23 heteroatoms. The third kappa shape index (κ3) is 21.8. The maximum Gasteiger partial charge on any atom is 0.246 e. The van der Waals surface area contributed by atoms with Crippen molar-refractivity contribution in [1.82, 2.24) is 55.6 Å². The van der Waals surface area contributed by atoms with Crippen LogP contribution in [0.2, 0.25) is 0 Å². The first-order valence-corrected chi connectivity index (χ1v) is 33.5. The molecule has 0 radical (unpaired) electrons. The SMILES string of the molecule is CC[C@H](C)[C@H]1C(=O)N(C)[C@@H](CC(C)C)C(=O)N(C)[C@@H](Cc2ccccc2)C(=O)N[C@@H]([C@@H](C)O)CC(=O)N(C)[C@@H](Cc2ccccc2)C(=O)N(C)[C@@H](CC(C)C)C(=O)N(C)[C@@H](CC(C)C)C(=O)N[C@H](C(=O)N2CCCCC2)CC(=O)N[C@H](C(C)C)C(=O)N[C@@H](C)C(=O)N1C. The van der Waals surface area contributed by atoms with Crippen LogP contribution in [0.4, 0.5) is 0 Å². The van der Waals surface area contributed by atoms with E-state index < -0.39 is 156 Å². The van der Waals surface area contributed by atoms with E-state index >= 15 is 28.8 Å². The summed E-state index contributed by atoms with van der Waals surface area (Å²) in [4.78, 5) is 173. The van der Waals surface area contributed by atoms with Crippen molar-refractivity contribution in [3.8, 4) is 0 Å². The van der Waals surface area contributed by atoms with Gasteiger partial charge in [0.1, 0.15) is 54.4 Å². The molecule has 2 fully saturated rings. The molecule has 518 valence electrons. The van der Waals surface area contributed by atoms with Crippen molar-refractivity contribution in [3.63, 3.8) is 0 Å². The summed E-state index contributed by atoms with van der Waals surface area (Å²) in [5.41, 5.74) is 1.36. The summed E-state index contributed by atoms with van der Waals surface area (Å²) >= 11 is 0. The van der Waals surface area contributed by atoms with E-state index in [0.717, 1.165) is 6.42 Å².